The molecular formula is C13H23NO2. The van der Waals surface area contributed by atoms with Gasteiger partial charge in [0.1, 0.15) is 0 Å². The topological polar surface area (TPSA) is 34.4 Å². The molecule has 16 heavy (non-hydrogen) atoms. The van der Waals surface area contributed by atoms with Crippen molar-refractivity contribution in [1.82, 2.24) is 5.32 Å². The molecule has 1 aromatic heterocycles. The highest BCUT2D eigenvalue weighted by atomic mass is 16.5. The molecule has 1 unspecified atom stereocenters. The maximum Gasteiger partial charge on any atom is 0.0935 e. The largest absolute Gasteiger partial charge is 0.472 e. The first kappa shape index (κ1) is 13.3. The first-order valence-corrected chi connectivity index (χ1v) is 6.19. The Morgan fingerprint density at radius 3 is 2.88 bits per heavy atom. The van der Waals surface area contributed by atoms with Crippen LogP contribution in [-0.2, 0) is 11.2 Å². The molecular weight excluding hydrogens is 202 g/mol. The molecule has 0 spiro atoms. The van der Waals surface area contributed by atoms with Crippen molar-refractivity contribution in [3.05, 3.63) is 24.2 Å². The molecule has 0 aliphatic carbocycles. The third-order valence-corrected chi connectivity index (χ3v) is 2.41. The quantitative estimate of drug-likeness (QED) is 0.656. The van der Waals surface area contributed by atoms with Crippen molar-refractivity contribution in [1.29, 1.82) is 0 Å². The van der Waals surface area contributed by atoms with E-state index in [0.29, 0.717) is 6.04 Å². The van der Waals surface area contributed by atoms with Gasteiger partial charge in [-0.15, -0.1) is 0 Å². The summed E-state index contributed by atoms with van der Waals surface area (Å²) < 4.78 is 10.7. The van der Waals surface area contributed by atoms with E-state index in [0.717, 1.165) is 39.0 Å². The summed E-state index contributed by atoms with van der Waals surface area (Å²) >= 11 is 0. The number of furan rings is 1. The molecule has 1 rings (SSSR count). The highest BCUT2D eigenvalue weighted by Crippen LogP contribution is 2.05. The van der Waals surface area contributed by atoms with Crippen LogP contribution < -0.4 is 5.32 Å². The van der Waals surface area contributed by atoms with E-state index in [2.05, 4.69) is 19.2 Å². The van der Waals surface area contributed by atoms with E-state index in [-0.39, 0.29) is 0 Å². The van der Waals surface area contributed by atoms with E-state index in [1.165, 1.54) is 5.56 Å². The first-order valence-electron chi connectivity index (χ1n) is 6.19. The summed E-state index contributed by atoms with van der Waals surface area (Å²) in [6.45, 7) is 6.96. The minimum atomic E-state index is 0.393. The molecule has 3 nitrogen and oxygen atoms in total. The number of ether oxygens (including phenoxy) is 1. The maximum atomic E-state index is 5.60. The number of rotatable bonds is 9. The second kappa shape index (κ2) is 8.36. The van der Waals surface area contributed by atoms with Crippen molar-refractivity contribution in [2.24, 2.45) is 0 Å². The lowest BCUT2D eigenvalue weighted by Gasteiger charge is -2.17. The van der Waals surface area contributed by atoms with Crippen molar-refractivity contribution in [3.63, 3.8) is 0 Å². The van der Waals surface area contributed by atoms with Crippen LogP contribution in [0.25, 0.3) is 0 Å². The molecule has 0 saturated heterocycles. The molecule has 0 bridgehead atoms. The van der Waals surface area contributed by atoms with Crippen molar-refractivity contribution in [2.75, 3.05) is 19.8 Å². The van der Waals surface area contributed by atoms with Gasteiger partial charge < -0.3 is 14.5 Å². The third kappa shape index (κ3) is 5.33. The van der Waals surface area contributed by atoms with Gasteiger partial charge in [0.05, 0.1) is 19.1 Å². The fourth-order valence-electron chi connectivity index (χ4n) is 1.60. The predicted octanol–water partition coefficient (Wildman–Crippen LogP) is 2.62. The summed E-state index contributed by atoms with van der Waals surface area (Å²) in [5.41, 5.74) is 1.23. The Kier molecular flexibility index (Phi) is 6.93. The van der Waals surface area contributed by atoms with Crippen LogP contribution in [-0.4, -0.2) is 25.8 Å². The van der Waals surface area contributed by atoms with Crippen molar-refractivity contribution in [3.8, 4) is 0 Å². The van der Waals surface area contributed by atoms with E-state index >= 15 is 0 Å². The molecule has 1 heterocycles. The Balaban J connectivity index is 2.31. The molecule has 0 fully saturated rings. The van der Waals surface area contributed by atoms with Gasteiger partial charge in [0, 0.05) is 12.6 Å². The van der Waals surface area contributed by atoms with Crippen LogP contribution in [0.3, 0.4) is 0 Å². The van der Waals surface area contributed by atoms with E-state index in [1.807, 2.05) is 6.07 Å². The molecule has 0 saturated carbocycles. The molecule has 0 aliphatic heterocycles. The van der Waals surface area contributed by atoms with Crippen LogP contribution in [0.2, 0.25) is 0 Å². The molecule has 92 valence electrons. The smallest absolute Gasteiger partial charge is 0.0935 e. The normalized spacial score (nSPS) is 12.9. The average molecular weight is 225 g/mol. The Bertz CT molecular complexity index is 246. The van der Waals surface area contributed by atoms with Gasteiger partial charge in [-0.3, -0.25) is 0 Å². The van der Waals surface area contributed by atoms with E-state index in [1.54, 1.807) is 12.5 Å². The maximum absolute atomic E-state index is 5.60. The number of hydrogen-bond acceptors (Lipinski definition) is 3. The molecule has 1 N–H and O–H groups in total. The Morgan fingerprint density at radius 1 is 1.38 bits per heavy atom. The second-order valence-corrected chi connectivity index (χ2v) is 4.06. The van der Waals surface area contributed by atoms with Crippen LogP contribution in [0.15, 0.2) is 23.0 Å². The lowest BCUT2D eigenvalue weighted by Crippen LogP contribution is -2.36. The van der Waals surface area contributed by atoms with Crippen LogP contribution in [0.1, 0.15) is 32.3 Å². The number of hydrogen-bond donors (Lipinski definition) is 1. The van der Waals surface area contributed by atoms with Crippen molar-refractivity contribution >= 4 is 0 Å². The summed E-state index contributed by atoms with van der Waals surface area (Å²) in [5, 5.41) is 3.50. The van der Waals surface area contributed by atoms with Gasteiger partial charge in [-0.2, -0.15) is 0 Å². The van der Waals surface area contributed by atoms with Crippen LogP contribution in [0, 0.1) is 0 Å². The van der Waals surface area contributed by atoms with Gasteiger partial charge in [0.25, 0.3) is 0 Å². The molecule has 0 aliphatic rings. The average Bonchev–Trinajstić information content (AvgIpc) is 2.78. The minimum absolute atomic E-state index is 0.393. The monoisotopic (exact) mass is 225 g/mol. The van der Waals surface area contributed by atoms with Gasteiger partial charge in [0.15, 0.2) is 0 Å². The SMILES string of the molecule is CCCNC(COCCC)Cc1ccoc1. The van der Waals surface area contributed by atoms with Gasteiger partial charge >= 0.3 is 0 Å². The lowest BCUT2D eigenvalue weighted by atomic mass is 10.1. The summed E-state index contributed by atoms with van der Waals surface area (Å²) in [4.78, 5) is 0. The summed E-state index contributed by atoms with van der Waals surface area (Å²) in [6.07, 6.45) is 6.72. The van der Waals surface area contributed by atoms with Crippen LogP contribution in [0.5, 0.6) is 0 Å². The van der Waals surface area contributed by atoms with E-state index in [9.17, 15) is 0 Å². The van der Waals surface area contributed by atoms with Gasteiger partial charge in [0.2, 0.25) is 0 Å². The lowest BCUT2D eigenvalue weighted by molar-refractivity contribution is 0.111. The van der Waals surface area contributed by atoms with Crippen LogP contribution >= 0.6 is 0 Å². The zero-order chi connectivity index (χ0) is 11.6. The first-order chi connectivity index (χ1) is 7.86. The van der Waals surface area contributed by atoms with Crippen LogP contribution in [0.4, 0.5) is 0 Å². The molecule has 0 radical (unpaired) electrons. The molecule has 3 heteroatoms. The fourth-order valence-corrected chi connectivity index (χ4v) is 1.60. The van der Waals surface area contributed by atoms with Gasteiger partial charge in [-0.1, -0.05) is 13.8 Å². The van der Waals surface area contributed by atoms with Gasteiger partial charge in [-0.05, 0) is 37.4 Å². The number of nitrogens with one attached hydrogen (secondary N) is 1. The minimum Gasteiger partial charge on any atom is -0.472 e. The molecule has 1 atom stereocenters. The van der Waals surface area contributed by atoms with E-state index in [4.69, 9.17) is 9.15 Å². The Morgan fingerprint density at radius 2 is 2.25 bits per heavy atom. The molecule has 1 aromatic rings. The highest BCUT2D eigenvalue weighted by molar-refractivity contribution is 5.07. The summed E-state index contributed by atoms with van der Waals surface area (Å²) in [5.74, 6) is 0. The fraction of sp³-hybridized carbons (Fsp3) is 0.692. The van der Waals surface area contributed by atoms with E-state index < -0.39 is 0 Å². The highest BCUT2D eigenvalue weighted by Gasteiger charge is 2.09. The molecule has 0 aromatic carbocycles. The predicted molar refractivity (Wildman–Crippen MR) is 65.6 cm³/mol. The Labute approximate surface area is 98.2 Å². The third-order valence-electron chi connectivity index (χ3n) is 2.41. The summed E-state index contributed by atoms with van der Waals surface area (Å²) in [7, 11) is 0. The standard InChI is InChI=1S/C13H23NO2/c1-3-6-14-13(11-15-7-4-2)9-12-5-8-16-10-12/h5,8,10,13-14H,3-4,6-7,9,11H2,1-2H3. The Hall–Kier alpha value is -0.800. The molecule has 0 amide bonds. The zero-order valence-corrected chi connectivity index (χ0v) is 10.4. The van der Waals surface area contributed by atoms with Crippen molar-refractivity contribution in [2.45, 2.75) is 39.2 Å². The summed E-state index contributed by atoms with van der Waals surface area (Å²) in [6, 6.07) is 2.41. The van der Waals surface area contributed by atoms with Gasteiger partial charge in [-0.25, -0.2) is 0 Å². The second-order valence-electron chi connectivity index (χ2n) is 4.06. The van der Waals surface area contributed by atoms with Crippen molar-refractivity contribution < 1.29 is 9.15 Å². The zero-order valence-electron chi connectivity index (χ0n) is 10.4.